The van der Waals surface area contributed by atoms with Crippen molar-refractivity contribution < 1.29 is 8.81 Å². The summed E-state index contributed by atoms with van der Waals surface area (Å²) in [7, 11) is 0. The number of rotatable bonds is 8. The van der Waals surface area contributed by atoms with Crippen LogP contribution in [0.15, 0.2) is 51.8 Å². The van der Waals surface area contributed by atoms with E-state index in [9.17, 15) is 4.39 Å². The zero-order chi connectivity index (χ0) is 19.2. The molecule has 0 fully saturated rings. The van der Waals surface area contributed by atoms with Crippen molar-refractivity contribution in [3.8, 4) is 11.5 Å². The zero-order valence-electron chi connectivity index (χ0n) is 16.2. The Hall–Kier alpha value is -2.07. The molecule has 0 amide bonds. The number of thioether (sulfide) groups is 1. The van der Waals surface area contributed by atoms with E-state index in [2.05, 4.69) is 37.0 Å². The predicted octanol–water partition coefficient (Wildman–Crippen LogP) is 6.64. The summed E-state index contributed by atoms with van der Waals surface area (Å²) in [6.07, 6.45) is 4.26. The van der Waals surface area contributed by atoms with Crippen molar-refractivity contribution in [1.82, 2.24) is 4.98 Å². The van der Waals surface area contributed by atoms with Gasteiger partial charge in [-0.3, -0.25) is 0 Å². The van der Waals surface area contributed by atoms with Gasteiger partial charge in [0.05, 0.1) is 5.69 Å². The van der Waals surface area contributed by atoms with Crippen LogP contribution in [0.5, 0.6) is 0 Å². The van der Waals surface area contributed by atoms with Gasteiger partial charge in [-0.05, 0) is 67.3 Å². The fourth-order valence-electron chi connectivity index (χ4n) is 3.18. The van der Waals surface area contributed by atoms with Crippen LogP contribution in [0.3, 0.4) is 0 Å². The molecule has 1 aromatic heterocycles. The summed E-state index contributed by atoms with van der Waals surface area (Å²) in [5, 5.41) is 0. The molecule has 3 rings (SSSR count). The van der Waals surface area contributed by atoms with Crippen LogP contribution in [-0.4, -0.2) is 10.7 Å². The topological polar surface area (TPSA) is 26.0 Å². The summed E-state index contributed by atoms with van der Waals surface area (Å²) in [4.78, 5) is 5.92. The minimum atomic E-state index is -0.255. The first-order valence-corrected chi connectivity index (χ1v) is 10.6. The fraction of sp³-hybridized carbons (Fsp3) is 0.348. The van der Waals surface area contributed by atoms with Crippen molar-refractivity contribution in [2.45, 2.75) is 51.3 Å². The molecule has 27 heavy (non-hydrogen) atoms. The van der Waals surface area contributed by atoms with Crippen LogP contribution in [-0.2, 0) is 19.3 Å². The highest BCUT2D eigenvalue weighted by Crippen LogP contribution is 2.26. The van der Waals surface area contributed by atoms with Crippen LogP contribution in [0.1, 0.15) is 42.8 Å². The van der Waals surface area contributed by atoms with E-state index in [1.165, 1.54) is 34.6 Å². The van der Waals surface area contributed by atoms with E-state index in [4.69, 9.17) is 4.42 Å². The van der Waals surface area contributed by atoms with E-state index in [-0.39, 0.29) is 5.82 Å². The van der Waals surface area contributed by atoms with Crippen LogP contribution in [0.4, 0.5) is 4.39 Å². The molecular formula is C23H26FNOS. The lowest BCUT2D eigenvalue weighted by Gasteiger charge is -2.09. The molecule has 1 heterocycles. The molecular weight excluding hydrogens is 357 g/mol. The molecule has 0 N–H and O–H groups in total. The first-order valence-electron chi connectivity index (χ1n) is 9.57. The summed E-state index contributed by atoms with van der Waals surface area (Å²) in [5.74, 6) is 2.09. The van der Waals surface area contributed by atoms with Gasteiger partial charge >= 0.3 is 0 Å². The second-order valence-electron chi connectivity index (χ2n) is 6.66. The Kier molecular flexibility index (Phi) is 6.73. The van der Waals surface area contributed by atoms with Gasteiger partial charge in [0.1, 0.15) is 11.6 Å². The smallest absolute Gasteiger partial charge is 0.226 e. The summed E-state index contributed by atoms with van der Waals surface area (Å²) in [6, 6.07) is 13.1. The predicted molar refractivity (Wildman–Crippen MR) is 111 cm³/mol. The molecule has 0 aliphatic carbocycles. The highest BCUT2D eigenvalue weighted by atomic mass is 32.2. The van der Waals surface area contributed by atoms with Crippen molar-refractivity contribution in [3.63, 3.8) is 0 Å². The number of aryl methyl sites for hydroxylation is 4. The molecule has 0 spiro atoms. The number of hydrogen-bond acceptors (Lipinski definition) is 3. The van der Waals surface area contributed by atoms with Gasteiger partial charge in [0.15, 0.2) is 0 Å². The van der Waals surface area contributed by atoms with Crippen molar-refractivity contribution in [2.75, 3.05) is 5.75 Å². The maximum Gasteiger partial charge on any atom is 0.226 e. The molecule has 0 bridgehead atoms. The third-order valence-electron chi connectivity index (χ3n) is 4.67. The lowest BCUT2D eigenvalue weighted by atomic mass is 10.0. The Morgan fingerprint density at radius 3 is 2.48 bits per heavy atom. The van der Waals surface area contributed by atoms with Gasteiger partial charge in [0.25, 0.3) is 0 Å². The van der Waals surface area contributed by atoms with E-state index >= 15 is 0 Å². The van der Waals surface area contributed by atoms with E-state index in [1.807, 2.05) is 18.7 Å². The Labute approximate surface area is 165 Å². The van der Waals surface area contributed by atoms with Crippen LogP contribution in [0, 0.1) is 12.7 Å². The summed E-state index contributed by atoms with van der Waals surface area (Å²) >= 11 is 1.86. The van der Waals surface area contributed by atoms with E-state index in [0.717, 1.165) is 42.0 Å². The van der Waals surface area contributed by atoms with Gasteiger partial charge in [-0.2, -0.15) is 0 Å². The SMILES string of the molecule is CCCc1ccc(SCCc2nc(-c3ccc(F)cc3)oc2C)cc1CC. The first-order chi connectivity index (χ1) is 13.1. The van der Waals surface area contributed by atoms with Gasteiger partial charge in [0.2, 0.25) is 5.89 Å². The molecule has 0 saturated carbocycles. The average Bonchev–Trinajstić information content (AvgIpc) is 3.04. The number of hydrogen-bond donors (Lipinski definition) is 0. The summed E-state index contributed by atoms with van der Waals surface area (Å²) in [6.45, 7) is 6.38. The van der Waals surface area contributed by atoms with Gasteiger partial charge in [-0.15, -0.1) is 11.8 Å². The highest BCUT2D eigenvalue weighted by molar-refractivity contribution is 7.99. The fourth-order valence-corrected chi connectivity index (χ4v) is 4.10. The van der Waals surface area contributed by atoms with Crippen molar-refractivity contribution >= 4 is 11.8 Å². The highest BCUT2D eigenvalue weighted by Gasteiger charge is 2.12. The quantitative estimate of drug-likeness (QED) is 0.408. The Morgan fingerprint density at radius 1 is 1.00 bits per heavy atom. The normalized spacial score (nSPS) is 11.1. The number of nitrogens with zero attached hydrogens (tertiary/aromatic N) is 1. The molecule has 2 nitrogen and oxygen atoms in total. The molecule has 0 radical (unpaired) electrons. The first kappa shape index (κ1) is 19.7. The molecule has 0 atom stereocenters. The maximum absolute atomic E-state index is 13.1. The van der Waals surface area contributed by atoms with Crippen LogP contribution in [0.25, 0.3) is 11.5 Å². The molecule has 0 aliphatic heterocycles. The van der Waals surface area contributed by atoms with Crippen molar-refractivity contribution in [2.24, 2.45) is 0 Å². The van der Waals surface area contributed by atoms with E-state index in [0.29, 0.717) is 5.89 Å². The third-order valence-corrected chi connectivity index (χ3v) is 5.66. The number of aromatic nitrogens is 1. The lowest BCUT2D eigenvalue weighted by molar-refractivity contribution is 0.539. The van der Waals surface area contributed by atoms with Gasteiger partial charge in [-0.25, -0.2) is 9.37 Å². The summed E-state index contributed by atoms with van der Waals surface area (Å²) in [5.41, 5.74) is 4.70. The Balaban J connectivity index is 1.63. The maximum atomic E-state index is 13.1. The molecule has 3 aromatic rings. The number of oxazole rings is 1. The Bertz CT molecular complexity index is 886. The van der Waals surface area contributed by atoms with Gasteiger partial charge in [0, 0.05) is 22.6 Å². The monoisotopic (exact) mass is 383 g/mol. The van der Waals surface area contributed by atoms with Crippen molar-refractivity contribution in [1.29, 1.82) is 0 Å². The van der Waals surface area contributed by atoms with Crippen LogP contribution < -0.4 is 0 Å². The third kappa shape index (κ3) is 5.01. The molecule has 2 aromatic carbocycles. The summed E-state index contributed by atoms with van der Waals surface area (Å²) < 4.78 is 18.9. The number of benzene rings is 2. The van der Waals surface area contributed by atoms with E-state index < -0.39 is 0 Å². The minimum Gasteiger partial charge on any atom is -0.441 e. The Morgan fingerprint density at radius 2 is 1.78 bits per heavy atom. The minimum absolute atomic E-state index is 0.255. The largest absolute Gasteiger partial charge is 0.441 e. The molecule has 4 heteroatoms. The standard InChI is InChI=1S/C23H26FNOS/c1-4-6-18-9-12-21(15-17(18)5-2)27-14-13-22-16(3)26-23(25-22)19-7-10-20(24)11-8-19/h7-12,15H,4-6,13-14H2,1-3H3. The van der Waals surface area contributed by atoms with Crippen molar-refractivity contribution in [3.05, 3.63) is 70.9 Å². The second-order valence-corrected chi connectivity index (χ2v) is 7.83. The number of halogens is 1. The molecule has 0 aliphatic rings. The second kappa shape index (κ2) is 9.23. The average molecular weight is 384 g/mol. The van der Waals surface area contributed by atoms with Gasteiger partial charge in [-0.1, -0.05) is 26.3 Å². The van der Waals surface area contributed by atoms with Gasteiger partial charge < -0.3 is 4.42 Å². The van der Waals surface area contributed by atoms with E-state index in [1.54, 1.807) is 12.1 Å². The van der Waals surface area contributed by atoms with Crippen LogP contribution >= 0.6 is 11.8 Å². The molecule has 142 valence electrons. The molecule has 0 saturated heterocycles. The van der Waals surface area contributed by atoms with Crippen LogP contribution in [0.2, 0.25) is 0 Å². The molecule has 0 unspecified atom stereocenters. The lowest BCUT2D eigenvalue weighted by Crippen LogP contribution is -1.94. The zero-order valence-corrected chi connectivity index (χ0v) is 17.0.